The summed E-state index contributed by atoms with van der Waals surface area (Å²) in [6.45, 7) is 9.09. The van der Waals surface area contributed by atoms with Gasteiger partial charge in [0.1, 0.15) is 0 Å². The number of aliphatic hydroxyl groups is 1. The van der Waals surface area contributed by atoms with Crippen LogP contribution in [0.25, 0.3) is 0 Å². The number of nitrogens with one attached hydrogen (secondary N) is 2. The second kappa shape index (κ2) is 10.1. The lowest BCUT2D eigenvalue weighted by Crippen LogP contribution is -2.44. The van der Waals surface area contributed by atoms with E-state index in [0.717, 1.165) is 32.7 Å². The molecule has 0 saturated carbocycles. The van der Waals surface area contributed by atoms with Crippen molar-refractivity contribution in [3.8, 4) is 0 Å². The number of carbonyl (C=O) groups excluding carboxylic acids is 1. The minimum absolute atomic E-state index is 0.0644. The number of carbonyl (C=O) groups is 1. The Labute approximate surface area is 121 Å². The Bertz CT molecular complexity index is 270. The fraction of sp³-hybridized carbons (Fsp3) is 0.929. The largest absolute Gasteiger partial charge is 0.390 e. The van der Waals surface area contributed by atoms with Crippen molar-refractivity contribution in [2.75, 3.05) is 45.9 Å². The highest BCUT2D eigenvalue weighted by Crippen LogP contribution is 1.98. The molecular weight excluding hydrogens is 258 g/mol. The first-order valence-electron chi connectivity index (χ1n) is 7.60. The van der Waals surface area contributed by atoms with Gasteiger partial charge in [-0.25, -0.2) is 0 Å². The summed E-state index contributed by atoms with van der Waals surface area (Å²) in [5, 5.41) is 16.0. The van der Waals surface area contributed by atoms with Crippen LogP contribution in [0.4, 0.5) is 0 Å². The number of ether oxygens (including phenoxy) is 1. The first-order chi connectivity index (χ1) is 9.61. The first kappa shape index (κ1) is 17.4. The van der Waals surface area contributed by atoms with Crippen LogP contribution in [0.5, 0.6) is 0 Å². The van der Waals surface area contributed by atoms with Gasteiger partial charge in [0.2, 0.25) is 5.91 Å². The van der Waals surface area contributed by atoms with Crippen molar-refractivity contribution in [1.82, 2.24) is 15.5 Å². The molecule has 0 radical (unpaired) electrons. The Balaban J connectivity index is 2.00. The molecule has 2 unspecified atom stereocenters. The van der Waals surface area contributed by atoms with Gasteiger partial charge in [-0.3, -0.25) is 9.69 Å². The van der Waals surface area contributed by atoms with Gasteiger partial charge in [0.15, 0.2) is 0 Å². The molecule has 1 rings (SSSR count). The molecule has 2 atom stereocenters. The highest BCUT2D eigenvalue weighted by atomic mass is 16.5. The van der Waals surface area contributed by atoms with E-state index in [-0.39, 0.29) is 11.9 Å². The van der Waals surface area contributed by atoms with E-state index in [2.05, 4.69) is 15.5 Å². The predicted octanol–water partition coefficient (Wildman–Crippen LogP) is -0.426. The molecule has 0 aromatic rings. The Morgan fingerprint density at radius 1 is 1.40 bits per heavy atom. The first-order valence-corrected chi connectivity index (χ1v) is 7.60. The smallest absolute Gasteiger partial charge is 0.221 e. The maximum atomic E-state index is 11.5. The molecule has 0 spiro atoms. The molecule has 6 nitrogen and oxygen atoms in total. The Morgan fingerprint density at radius 2 is 2.10 bits per heavy atom. The number of rotatable bonds is 9. The molecule has 3 N–H and O–H groups in total. The van der Waals surface area contributed by atoms with Crippen LogP contribution < -0.4 is 10.6 Å². The number of aliphatic hydroxyl groups excluding tert-OH is 1. The molecular formula is C14H29N3O3. The highest BCUT2D eigenvalue weighted by Gasteiger charge is 2.14. The van der Waals surface area contributed by atoms with Gasteiger partial charge in [-0.1, -0.05) is 6.92 Å². The lowest BCUT2D eigenvalue weighted by Gasteiger charge is -2.28. The van der Waals surface area contributed by atoms with E-state index in [1.54, 1.807) is 0 Å². The monoisotopic (exact) mass is 287 g/mol. The summed E-state index contributed by atoms with van der Waals surface area (Å²) in [5.41, 5.74) is 0. The van der Waals surface area contributed by atoms with Gasteiger partial charge in [0.05, 0.1) is 19.3 Å². The molecule has 1 aliphatic rings. The zero-order valence-electron chi connectivity index (χ0n) is 12.7. The van der Waals surface area contributed by atoms with Crippen LogP contribution in [-0.4, -0.2) is 74.0 Å². The normalized spacial score (nSPS) is 19.6. The maximum Gasteiger partial charge on any atom is 0.221 e. The van der Waals surface area contributed by atoms with E-state index < -0.39 is 6.10 Å². The van der Waals surface area contributed by atoms with Crippen LogP contribution in [0.1, 0.15) is 26.7 Å². The second-order valence-corrected chi connectivity index (χ2v) is 5.40. The number of hydrogen-bond donors (Lipinski definition) is 3. The second-order valence-electron chi connectivity index (χ2n) is 5.40. The molecule has 0 bridgehead atoms. The van der Waals surface area contributed by atoms with E-state index in [0.29, 0.717) is 26.1 Å². The zero-order chi connectivity index (χ0) is 14.8. The Kier molecular flexibility index (Phi) is 8.77. The molecule has 20 heavy (non-hydrogen) atoms. The lowest BCUT2D eigenvalue weighted by molar-refractivity contribution is -0.121. The quantitative estimate of drug-likeness (QED) is 0.502. The number of β-amino-alcohol motifs (C(OH)–C–C–N with tert-alkyl or cyclic N) is 1. The SMILES string of the molecule is CCC(C)NC(=O)CCNCC(O)CN1CCOCC1. The summed E-state index contributed by atoms with van der Waals surface area (Å²) in [6, 6.07) is 0.231. The Hall–Kier alpha value is -0.690. The number of hydrogen-bond acceptors (Lipinski definition) is 5. The minimum atomic E-state index is -0.397. The van der Waals surface area contributed by atoms with Crippen molar-refractivity contribution in [2.45, 2.75) is 38.8 Å². The van der Waals surface area contributed by atoms with E-state index in [1.807, 2.05) is 13.8 Å². The van der Waals surface area contributed by atoms with E-state index in [4.69, 9.17) is 4.74 Å². The molecule has 0 aromatic heterocycles. The fourth-order valence-corrected chi connectivity index (χ4v) is 2.07. The van der Waals surface area contributed by atoms with Crippen molar-refractivity contribution in [1.29, 1.82) is 0 Å². The van der Waals surface area contributed by atoms with Gasteiger partial charge in [-0.2, -0.15) is 0 Å². The molecule has 0 aromatic carbocycles. The van der Waals surface area contributed by atoms with E-state index in [9.17, 15) is 9.90 Å². The van der Waals surface area contributed by atoms with Crippen LogP contribution in [-0.2, 0) is 9.53 Å². The Morgan fingerprint density at radius 3 is 2.75 bits per heavy atom. The van der Waals surface area contributed by atoms with Crippen LogP contribution in [0.15, 0.2) is 0 Å². The summed E-state index contributed by atoms with van der Waals surface area (Å²) in [4.78, 5) is 13.7. The highest BCUT2D eigenvalue weighted by molar-refractivity contribution is 5.76. The topological polar surface area (TPSA) is 73.8 Å². The average Bonchev–Trinajstić information content (AvgIpc) is 2.44. The standard InChI is InChI=1S/C14H29N3O3/c1-3-12(2)16-14(19)4-5-15-10-13(18)11-17-6-8-20-9-7-17/h12-13,15,18H,3-11H2,1-2H3,(H,16,19). The molecule has 118 valence electrons. The molecule has 1 fully saturated rings. The summed E-state index contributed by atoms with van der Waals surface area (Å²) in [7, 11) is 0. The number of nitrogens with zero attached hydrogens (tertiary/aromatic N) is 1. The lowest BCUT2D eigenvalue weighted by atomic mass is 10.2. The third-order valence-corrected chi connectivity index (χ3v) is 3.50. The summed E-state index contributed by atoms with van der Waals surface area (Å²) < 4.78 is 5.26. The summed E-state index contributed by atoms with van der Waals surface area (Å²) in [6.07, 6.45) is 0.997. The fourth-order valence-electron chi connectivity index (χ4n) is 2.07. The average molecular weight is 287 g/mol. The molecule has 1 amide bonds. The van der Waals surface area contributed by atoms with Gasteiger partial charge < -0.3 is 20.5 Å². The van der Waals surface area contributed by atoms with Crippen molar-refractivity contribution < 1.29 is 14.6 Å². The van der Waals surface area contributed by atoms with Crippen molar-refractivity contribution in [2.24, 2.45) is 0 Å². The zero-order valence-corrected chi connectivity index (χ0v) is 12.7. The van der Waals surface area contributed by atoms with Gasteiger partial charge in [0.25, 0.3) is 0 Å². The summed E-state index contributed by atoms with van der Waals surface area (Å²) in [5.74, 6) is 0.0644. The molecule has 6 heteroatoms. The number of amides is 1. The van der Waals surface area contributed by atoms with Gasteiger partial charge in [0, 0.05) is 45.2 Å². The maximum absolute atomic E-state index is 11.5. The van der Waals surface area contributed by atoms with E-state index in [1.165, 1.54) is 0 Å². The summed E-state index contributed by atoms with van der Waals surface area (Å²) >= 11 is 0. The molecule has 1 saturated heterocycles. The van der Waals surface area contributed by atoms with Gasteiger partial charge in [-0.05, 0) is 13.3 Å². The van der Waals surface area contributed by atoms with Crippen LogP contribution in [0.3, 0.4) is 0 Å². The third-order valence-electron chi connectivity index (χ3n) is 3.50. The van der Waals surface area contributed by atoms with Gasteiger partial charge in [-0.15, -0.1) is 0 Å². The van der Waals surface area contributed by atoms with Crippen molar-refractivity contribution in [3.05, 3.63) is 0 Å². The molecule has 1 aliphatic heterocycles. The minimum Gasteiger partial charge on any atom is -0.390 e. The predicted molar refractivity (Wildman–Crippen MR) is 78.6 cm³/mol. The van der Waals surface area contributed by atoms with Gasteiger partial charge >= 0.3 is 0 Å². The van der Waals surface area contributed by atoms with Crippen LogP contribution in [0, 0.1) is 0 Å². The molecule has 1 heterocycles. The van der Waals surface area contributed by atoms with Crippen LogP contribution in [0.2, 0.25) is 0 Å². The third kappa shape index (κ3) is 7.79. The van der Waals surface area contributed by atoms with Crippen molar-refractivity contribution in [3.63, 3.8) is 0 Å². The van der Waals surface area contributed by atoms with Crippen molar-refractivity contribution >= 4 is 5.91 Å². The molecule has 0 aliphatic carbocycles. The van der Waals surface area contributed by atoms with E-state index >= 15 is 0 Å². The van der Waals surface area contributed by atoms with Crippen LogP contribution >= 0.6 is 0 Å². The number of morpholine rings is 1.